The minimum absolute atomic E-state index is 0.0851. The predicted octanol–water partition coefficient (Wildman–Crippen LogP) is 5.37. The highest BCUT2D eigenvalue weighted by Gasteiger charge is 2.28. The Balaban J connectivity index is 1.87. The van der Waals surface area contributed by atoms with Crippen LogP contribution in [0.25, 0.3) is 0 Å². The summed E-state index contributed by atoms with van der Waals surface area (Å²) in [6.45, 7) is 2.89. The second-order valence-electron chi connectivity index (χ2n) is 5.14. The van der Waals surface area contributed by atoms with Crippen molar-refractivity contribution in [2.24, 2.45) is 0 Å². The molecule has 2 aromatic rings. The molecule has 22 heavy (non-hydrogen) atoms. The number of hydrogen-bond acceptors (Lipinski definition) is 2. The topological polar surface area (TPSA) is 32.3 Å². The first-order valence-electron chi connectivity index (χ1n) is 7.27. The van der Waals surface area contributed by atoms with Gasteiger partial charge >= 0.3 is 6.03 Å². The Hall–Kier alpha value is -1.46. The van der Waals surface area contributed by atoms with E-state index in [9.17, 15) is 4.79 Å². The summed E-state index contributed by atoms with van der Waals surface area (Å²) >= 11 is 5.33. The Labute approximate surface area is 143 Å². The number of nitrogens with zero attached hydrogens (tertiary/aromatic N) is 1. The molecule has 0 aromatic heterocycles. The zero-order valence-corrected chi connectivity index (χ0v) is 14.7. The summed E-state index contributed by atoms with van der Waals surface area (Å²) in [5, 5.41) is 3.43. The van der Waals surface area contributed by atoms with E-state index in [-0.39, 0.29) is 6.03 Å². The Kier molecular flexibility index (Phi) is 4.74. The summed E-state index contributed by atoms with van der Waals surface area (Å²) in [5.74, 6) is 0. The number of para-hydroxylation sites is 2. The van der Waals surface area contributed by atoms with Crippen LogP contribution in [0.2, 0.25) is 0 Å². The van der Waals surface area contributed by atoms with E-state index in [0.717, 1.165) is 28.8 Å². The van der Waals surface area contributed by atoms with Gasteiger partial charge in [-0.1, -0.05) is 31.2 Å². The molecule has 3 nitrogen and oxygen atoms in total. The summed E-state index contributed by atoms with van der Waals surface area (Å²) in [5.41, 5.74) is 1.78. The van der Waals surface area contributed by atoms with Crippen LogP contribution in [0.15, 0.2) is 57.9 Å². The number of fused-ring (bicyclic) bond motifs is 1. The number of halogens is 1. The molecule has 0 fully saturated rings. The normalized spacial score (nSPS) is 17.0. The lowest BCUT2D eigenvalue weighted by atomic mass is 10.2. The lowest BCUT2D eigenvalue weighted by molar-refractivity contribution is 0.256. The fourth-order valence-electron chi connectivity index (χ4n) is 2.45. The van der Waals surface area contributed by atoms with Crippen molar-refractivity contribution >= 4 is 45.1 Å². The first-order chi connectivity index (χ1) is 10.7. The van der Waals surface area contributed by atoms with Crippen LogP contribution in [-0.2, 0) is 0 Å². The molecular weight excluding hydrogens is 360 g/mol. The summed E-state index contributed by atoms with van der Waals surface area (Å²) < 4.78 is 0.884. The second-order valence-corrected chi connectivity index (χ2v) is 7.33. The van der Waals surface area contributed by atoms with Gasteiger partial charge in [-0.25, -0.2) is 4.79 Å². The van der Waals surface area contributed by atoms with E-state index < -0.39 is 0 Å². The smallest absolute Gasteiger partial charge is 0.306 e. The van der Waals surface area contributed by atoms with Gasteiger partial charge in [0.1, 0.15) is 0 Å². The minimum atomic E-state index is -0.0851. The molecule has 0 spiro atoms. The Morgan fingerprint density at radius 2 is 2.00 bits per heavy atom. The molecule has 0 saturated carbocycles. The van der Waals surface area contributed by atoms with Crippen molar-refractivity contribution in [2.75, 3.05) is 16.8 Å². The molecule has 2 amide bonds. The van der Waals surface area contributed by atoms with E-state index in [1.165, 1.54) is 4.90 Å². The van der Waals surface area contributed by atoms with Gasteiger partial charge in [0, 0.05) is 21.2 Å². The van der Waals surface area contributed by atoms with E-state index in [1.54, 1.807) is 0 Å². The fraction of sp³-hybridized carbons (Fsp3) is 0.235. The maximum absolute atomic E-state index is 12.7. The van der Waals surface area contributed by atoms with Crippen LogP contribution < -0.4 is 10.2 Å². The van der Waals surface area contributed by atoms with E-state index in [4.69, 9.17) is 0 Å². The van der Waals surface area contributed by atoms with Crippen molar-refractivity contribution in [2.45, 2.75) is 23.5 Å². The van der Waals surface area contributed by atoms with Crippen LogP contribution >= 0.6 is 27.7 Å². The summed E-state index contributed by atoms with van der Waals surface area (Å²) in [7, 11) is 0. The van der Waals surface area contributed by atoms with Gasteiger partial charge in [0.15, 0.2) is 0 Å². The van der Waals surface area contributed by atoms with Gasteiger partial charge in [-0.3, -0.25) is 4.90 Å². The zero-order valence-electron chi connectivity index (χ0n) is 12.3. The van der Waals surface area contributed by atoms with Crippen LogP contribution in [0.1, 0.15) is 13.3 Å². The summed E-state index contributed by atoms with van der Waals surface area (Å²) in [6.07, 6.45) is 1.04. The molecule has 5 heteroatoms. The highest BCUT2D eigenvalue weighted by molar-refractivity contribution is 9.10. The third-order valence-electron chi connectivity index (χ3n) is 3.65. The standard InChI is InChI=1S/C17H17BrN2OS/c1-2-12-11-20(15-9-5-6-10-16(15)22-12)17(21)19-14-8-4-3-7-13(14)18/h3-10,12H,2,11H2,1H3,(H,19,21)/t12-/m1/s1. The SMILES string of the molecule is CC[C@@H]1CN(C(=O)Nc2ccccc2Br)c2ccccc2S1. The van der Waals surface area contributed by atoms with Crippen molar-refractivity contribution in [3.05, 3.63) is 53.0 Å². The highest BCUT2D eigenvalue weighted by atomic mass is 79.9. The van der Waals surface area contributed by atoms with E-state index in [1.807, 2.05) is 59.1 Å². The molecule has 0 unspecified atom stereocenters. The third-order valence-corrected chi connectivity index (χ3v) is 5.76. The predicted molar refractivity (Wildman–Crippen MR) is 96.9 cm³/mol. The molecule has 1 atom stereocenters. The minimum Gasteiger partial charge on any atom is -0.306 e. The molecule has 2 aromatic carbocycles. The Morgan fingerprint density at radius 1 is 1.27 bits per heavy atom. The van der Waals surface area contributed by atoms with Gasteiger partial charge < -0.3 is 5.32 Å². The van der Waals surface area contributed by atoms with Gasteiger partial charge in [0.25, 0.3) is 0 Å². The summed E-state index contributed by atoms with van der Waals surface area (Å²) in [6, 6.07) is 15.7. The fourth-order valence-corrected chi connectivity index (χ4v) is 4.04. The highest BCUT2D eigenvalue weighted by Crippen LogP contribution is 2.39. The molecular formula is C17H17BrN2OS. The number of carbonyl (C=O) groups excluding carboxylic acids is 1. The number of carbonyl (C=O) groups is 1. The van der Waals surface area contributed by atoms with E-state index in [0.29, 0.717) is 5.25 Å². The van der Waals surface area contributed by atoms with Gasteiger partial charge in [0.05, 0.1) is 11.4 Å². The van der Waals surface area contributed by atoms with Crippen LogP contribution in [0.5, 0.6) is 0 Å². The van der Waals surface area contributed by atoms with Gasteiger partial charge in [-0.05, 0) is 46.6 Å². The first kappa shape index (κ1) is 15.4. The largest absolute Gasteiger partial charge is 0.326 e. The lowest BCUT2D eigenvalue weighted by Crippen LogP contribution is -2.41. The lowest BCUT2D eigenvalue weighted by Gasteiger charge is -2.33. The van der Waals surface area contributed by atoms with Crippen molar-refractivity contribution in [3.63, 3.8) is 0 Å². The number of urea groups is 1. The monoisotopic (exact) mass is 376 g/mol. The number of nitrogens with one attached hydrogen (secondary N) is 1. The molecule has 0 bridgehead atoms. The van der Waals surface area contributed by atoms with Crippen LogP contribution in [-0.4, -0.2) is 17.8 Å². The van der Waals surface area contributed by atoms with Crippen LogP contribution in [0.4, 0.5) is 16.2 Å². The summed E-state index contributed by atoms with van der Waals surface area (Å²) in [4.78, 5) is 15.7. The third kappa shape index (κ3) is 3.15. The van der Waals surface area contributed by atoms with E-state index in [2.05, 4.69) is 34.2 Å². The van der Waals surface area contributed by atoms with Crippen molar-refractivity contribution in [1.82, 2.24) is 0 Å². The molecule has 0 aliphatic carbocycles. The average molecular weight is 377 g/mol. The Morgan fingerprint density at radius 3 is 2.77 bits per heavy atom. The van der Waals surface area contributed by atoms with Crippen molar-refractivity contribution in [1.29, 1.82) is 0 Å². The number of thioether (sulfide) groups is 1. The molecule has 1 heterocycles. The number of benzene rings is 2. The van der Waals surface area contributed by atoms with E-state index >= 15 is 0 Å². The van der Waals surface area contributed by atoms with Crippen LogP contribution in [0.3, 0.4) is 0 Å². The molecule has 114 valence electrons. The van der Waals surface area contributed by atoms with Crippen LogP contribution in [0, 0.1) is 0 Å². The molecule has 1 aliphatic rings. The van der Waals surface area contributed by atoms with Crippen molar-refractivity contribution in [3.8, 4) is 0 Å². The zero-order chi connectivity index (χ0) is 15.5. The number of rotatable bonds is 2. The molecule has 0 saturated heterocycles. The number of amides is 2. The maximum Gasteiger partial charge on any atom is 0.326 e. The molecule has 1 N–H and O–H groups in total. The van der Waals surface area contributed by atoms with Gasteiger partial charge in [-0.2, -0.15) is 0 Å². The Bertz CT molecular complexity index is 692. The molecule has 0 radical (unpaired) electrons. The quantitative estimate of drug-likeness (QED) is 0.763. The first-order valence-corrected chi connectivity index (χ1v) is 8.95. The molecule has 1 aliphatic heterocycles. The second kappa shape index (κ2) is 6.75. The number of hydrogen-bond donors (Lipinski definition) is 1. The van der Waals surface area contributed by atoms with Gasteiger partial charge in [-0.15, -0.1) is 11.8 Å². The maximum atomic E-state index is 12.7. The average Bonchev–Trinajstić information content (AvgIpc) is 2.55. The van der Waals surface area contributed by atoms with Crippen molar-refractivity contribution < 1.29 is 4.79 Å². The van der Waals surface area contributed by atoms with Gasteiger partial charge in [0.2, 0.25) is 0 Å². The number of anilines is 2. The molecule has 3 rings (SSSR count).